The number of carbonyl (C=O) groups excluding carboxylic acids is 1. The second-order valence-corrected chi connectivity index (χ2v) is 5.20. The van der Waals surface area contributed by atoms with Gasteiger partial charge in [0.2, 0.25) is 0 Å². The Kier molecular flexibility index (Phi) is 4.53. The van der Waals surface area contributed by atoms with E-state index in [4.69, 9.17) is 23.2 Å². The molecule has 0 unspecified atom stereocenters. The van der Waals surface area contributed by atoms with Crippen molar-refractivity contribution >= 4 is 40.5 Å². The molecule has 0 fully saturated rings. The normalized spacial score (nSPS) is 10.2. The second-order valence-electron chi connectivity index (χ2n) is 4.38. The van der Waals surface area contributed by atoms with Crippen LogP contribution in [0.15, 0.2) is 36.4 Å². The van der Waals surface area contributed by atoms with Gasteiger partial charge in [-0.25, -0.2) is 0 Å². The first-order chi connectivity index (χ1) is 9.51. The Hall–Kier alpha value is -1.71. The summed E-state index contributed by atoms with van der Waals surface area (Å²) in [6, 6.07) is 10.6. The van der Waals surface area contributed by atoms with Crippen LogP contribution in [0.3, 0.4) is 0 Å². The van der Waals surface area contributed by atoms with E-state index >= 15 is 0 Å². The van der Waals surface area contributed by atoms with Crippen molar-refractivity contribution in [2.75, 3.05) is 17.7 Å². The molecule has 0 saturated heterocycles. The number of nitrogens with one attached hydrogen (secondary N) is 2. The number of carbonyl (C=O) groups is 1. The number of hydrogen-bond acceptors (Lipinski definition) is 2. The molecule has 0 bridgehead atoms. The highest BCUT2D eigenvalue weighted by atomic mass is 35.5. The molecule has 3 nitrogen and oxygen atoms in total. The highest BCUT2D eigenvalue weighted by molar-refractivity contribution is 6.42. The van der Waals surface area contributed by atoms with Crippen LogP contribution in [0.5, 0.6) is 0 Å². The number of hydrogen-bond donors (Lipinski definition) is 2. The number of aryl methyl sites for hydroxylation is 1. The van der Waals surface area contributed by atoms with Crippen LogP contribution >= 0.6 is 23.2 Å². The number of halogens is 2. The van der Waals surface area contributed by atoms with Gasteiger partial charge in [0, 0.05) is 18.4 Å². The second kappa shape index (κ2) is 6.16. The largest absolute Gasteiger partial charge is 0.387 e. The van der Waals surface area contributed by atoms with E-state index in [1.165, 1.54) is 0 Å². The van der Waals surface area contributed by atoms with E-state index in [9.17, 15) is 4.79 Å². The zero-order valence-electron chi connectivity index (χ0n) is 11.1. The van der Waals surface area contributed by atoms with Gasteiger partial charge in [-0.15, -0.1) is 0 Å². The summed E-state index contributed by atoms with van der Waals surface area (Å²) >= 11 is 11.8. The SMILES string of the molecule is CNc1cc(C)ccc1C(=O)Nc1ccc(Cl)c(Cl)c1. The monoisotopic (exact) mass is 308 g/mol. The lowest BCUT2D eigenvalue weighted by molar-refractivity contribution is 0.102. The third kappa shape index (κ3) is 3.24. The Morgan fingerprint density at radius 1 is 1.05 bits per heavy atom. The minimum atomic E-state index is -0.201. The fourth-order valence-corrected chi connectivity index (χ4v) is 2.13. The van der Waals surface area contributed by atoms with Gasteiger partial charge in [-0.2, -0.15) is 0 Å². The number of anilines is 2. The molecule has 0 spiro atoms. The van der Waals surface area contributed by atoms with Gasteiger partial charge in [-0.1, -0.05) is 29.3 Å². The quantitative estimate of drug-likeness (QED) is 0.870. The van der Waals surface area contributed by atoms with E-state index < -0.39 is 0 Å². The maximum Gasteiger partial charge on any atom is 0.257 e. The lowest BCUT2D eigenvalue weighted by Crippen LogP contribution is -2.14. The van der Waals surface area contributed by atoms with Crippen LogP contribution in [0, 0.1) is 6.92 Å². The van der Waals surface area contributed by atoms with Gasteiger partial charge in [0.05, 0.1) is 15.6 Å². The van der Waals surface area contributed by atoms with Crippen molar-refractivity contribution < 1.29 is 4.79 Å². The van der Waals surface area contributed by atoms with Crippen LogP contribution in [0.2, 0.25) is 10.0 Å². The molecule has 104 valence electrons. The Labute approximate surface area is 127 Å². The zero-order chi connectivity index (χ0) is 14.7. The van der Waals surface area contributed by atoms with Crippen LogP contribution in [-0.4, -0.2) is 13.0 Å². The first kappa shape index (κ1) is 14.7. The standard InChI is InChI=1S/C15H14Cl2N2O/c1-9-3-5-11(14(7-9)18-2)15(20)19-10-4-6-12(16)13(17)8-10/h3-8,18H,1-2H3,(H,19,20). The molecule has 0 aromatic heterocycles. The Bertz CT molecular complexity index is 656. The lowest BCUT2D eigenvalue weighted by Gasteiger charge is -2.11. The topological polar surface area (TPSA) is 41.1 Å². The van der Waals surface area contributed by atoms with E-state index in [2.05, 4.69) is 10.6 Å². The maximum atomic E-state index is 12.3. The van der Waals surface area contributed by atoms with Crippen molar-refractivity contribution in [2.24, 2.45) is 0 Å². The predicted octanol–water partition coefficient (Wildman–Crippen LogP) is 4.60. The highest BCUT2D eigenvalue weighted by Crippen LogP contribution is 2.26. The van der Waals surface area contributed by atoms with Gasteiger partial charge < -0.3 is 10.6 Å². The fourth-order valence-electron chi connectivity index (χ4n) is 1.84. The van der Waals surface area contributed by atoms with Crippen LogP contribution in [0.1, 0.15) is 15.9 Å². The third-order valence-corrected chi connectivity index (χ3v) is 3.61. The summed E-state index contributed by atoms with van der Waals surface area (Å²) in [4.78, 5) is 12.3. The molecule has 2 aromatic carbocycles. The zero-order valence-corrected chi connectivity index (χ0v) is 12.6. The van der Waals surface area contributed by atoms with Crippen molar-refractivity contribution in [1.29, 1.82) is 0 Å². The molecular formula is C15H14Cl2N2O. The molecule has 0 aliphatic rings. The molecule has 0 saturated carbocycles. The summed E-state index contributed by atoms with van der Waals surface area (Å²) in [7, 11) is 1.78. The van der Waals surface area contributed by atoms with Crippen LogP contribution in [0.4, 0.5) is 11.4 Å². The first-order valence-electron chi connectivity index (χ1n) is 6.06. The number of benzene rings is 2. The van der Waals surface area contributed by atoms with Gasteiger partial charge in [-0.05, 0) is 42.8 Å². The molecule has 5 heteroatoms. The molecular weight excluding hydrogens is 295 g/mol. The van der Waals surface area contributed by atoms with Crippen molar-refractivity contribution in [3.63, 3.8) is 0 Å². The molecule has 0 radical (unpaired) electrons. The molecule has 1 amide bonds. The van der Waals surface area contributed by atoms with Crippen molar-refractivity contribution in [3.8, 4) is 0 Å². The molecule has 0 aliphatic heterocycles. The van der Waals surface area contributed by atoms with E-state index in [1.807, 2.05) is 19.1 Å². The van der Waals surface area contributed by atoms with E-state index in [0.29, 0.717) is 21.3 Å². The molecule has 0 aliphatic carbocycles. The van der Waals surface area contributed by atoms with Gasteiger partial charge in [0.1, 0.15) is 0 Å². The summed E-state index contributed by atoms with van der Waals surface area (Å²) in [6.07, 6.45) is 0. The van der Waals surface area contributed by atoms with Gasteiger partial charge in [0.25, 0.3) is 5.91 Å². The summed E-state index contributed by atoms with van der Waals surface area (Å²) in [6.45, 7) is 1.97. The average molecular weight is 309 g/mol. The molecule has 20 heavy (non-hydrogen) atoms. The Balaban J connectivity index is 2.25. The average Bonchev–Trinajstić information content (AvgIpc) is 2.42. The van der Waals surface area contributed by atoms with E-state index in [1.54, 1.807) is 31.3 Å². The van der Waals surface area contributed by atoms with Crippen LogP contribution < -0.4 is 10.6 Å². The summed E-state index contributed by atoms with van der Waals surface area (Å²) in [5.41, 5.74) is 3.04. The Morgan fingerprint density at radius 2 is 1.80 bits per heavy atom. The summed E-state index contributed by atoms with van der Waals surface area (Å²) < 4.78 is 0. The summed E-state index contributed by atoms with van der Waals surface area (Å²) in [5, 5.41) is 6.67. The van der Waals surface area contributed by atoms with E-state index in [-0.39, 0.29) is 5.91 Å². The summed E-state index contributed by atoms with van der Waals surface area (Å²) in [5.74, 6) is -0.201. The Morgan fingerprint density at radius 3 is 2.45 bits per heavy atom. The molecule has 0 atom stereocenters. The van der Waals surface area contributed by atoms with E-state index in [0.717, 1.165) is 11.3 Å². The predicted molar refractivity (Wildman–Crippen MR) is 85.1 cm³/mol. The van der Waals surface area contributed by atoms with Crippen molar-refractivity contribution in [3.05, 3.63) is 57.6 Å². The van der Waals surface area contributed by atoms with Gasteiger partial charge >= 0.3 is 0 Å². The molecule has 0 heterocycles. The van der Waals surface area contributed by atoms with Gasteiger partial charge in [-0.3, -0.25) is 4.79 Å². The third-order valence-electron chi connectivity index (χ3n) is 2.87. The first-order valence-corrected chi connectivity index (χ1v) is 6.81. The lowest BCUT2D eigenvalue weighted by atomic mass is 10.1. The van der Waals surface area contributed by atoms with Crippen LogP contribution in [0.25, 0.3) is 0 Å². The highest BCUT2D eigenvalue weighted by Gasteiger charge is 2.11. The number of rotatable bonds is 3. The van der Waals surface area contributed by atoms with Crippen molar-refractivity contribution in [1.82, 2.24) is 0 Å². The molecule has 2 aromatic rings. The molecule has 2 N–H and O–H groups in total. The van der Waals surface area contributed by atoms with Crippen LogP contribution in [-0.2, 0) is 0 Å². The van der Waals surface area contributed by atoms with Gasteiger partial charge in [0.15, 0.2) is 0 Å². The van der Waals surface area contributed by atoms with Crippen molar-refractivity contribution in [2.45, 2.75) is 6.92 Å². The molecule has 2 rings (SSSR count). The smallest absolute Gasteiger partial charge is 0.257 e. The fraction of sp³-hybridized carbons (Fsp3) is 0.133. The minimum absolute atomic E-state index is 0.201. The minimum Gasteiger partial charge on any atom is -0.387 e. The number of amides is 1. The maximum absolute atomic E-state index is 12.3.